The summed E-state index contributed by atoms with van der Waals surface area (Å²) in [7, 11) is 0. The van der Waals surface area contributed by atoms with Gasteiger partial charge in [-0.05, 0) is 31.4 Å². The third-order valence-electron chi connectivity index (χ3n) is 2.03. The normalized spacial score (nSPS) is 17.7. The largest absolute Gasteiger partial charge is 0.319 e. The summed E-state index contributed by atoms with van der Waals surface area (Å²) in [4.78, 5) is 3.65. The van der Waals surface area contributed by atoms with E-state index < -0.39 is 0 Å². The number of hydrogen-bond donors (Lipinski definition) is 0. The van der Waals surface area contributed by atoms with Crippen molar-refractivity contribution < 1.29 is 0 Å². The fraction of sp³-hybridized carbons (Fsp3) is 0.375. The standard InChI is InChI=1S/C8H10N2S2/c1-6-7(2)11-5-10(6)8-3-4-12-9-8/h3-4H,5H2,1-2H3. The Morgan fingerprint density at radius 1 is 1.50 bits per heavy atom. The highest BCUT2D eigenvalue weighted by molar-refractivity contribution is 8.03. The number of thioether (sulfide) groups is 1. The number of rotatable bonds is 1. The minimum Gasteiger partial charge on any atom is -0.319 e. The summed E-state index contributed by atoms with van der Waals surface area (Å²) in [6.45, 7) is 4.31. The molecule has 12 heavy (non-hydrogen) atoms. The number of anilines is 1. The molecule has 0 bridgehead atoms. The Bertz CT molecular complexity index is 303. The molecule has 2 nitrogen and oxygen atoms in total. The van der Waals surface area contributed by atoms with Gasteiger partial charge < -0.3 is 4.90 Å². The second kappa shape index (κ2) is 3.11. The van der Waals surface area contributed by atoms with Crippen LogP contribution in [-0.2, 0) is 0 Å². The molecule has 2 heterocycles. The molecule has 0 fully saturated rings. The average molecular weight is 198 g/mol. The second-order valence-electron chi connectivity index (χ2n) is 2.70. The summed E-state index contributed by atoms with van der Waals surface area (Å²) in [6.07, 6.45) is 0. The fourth-order valence-electron chi connectivity index (χ4n) is 1.14. The average Bonchev–Trinajstić information content (AvgIpc) is 2.64. The van der Waals surface area contributed by atoms with Crippen LogP contribution in [0.3, 0.4) is 0 Å². The summed E-state index contributed by atoms with van der Waals surface area (Å²) < 4.78 is 4.30. The predicted octanol–water partition coefficient (Wildman–Crippen LogP) is 2.91. The molecule has 0 saturated carbocycles. The number of aromatic nitrogens is 1. The second-order valence-corrected chi connectivity index (χ2v) is 4.53. The molecular weight excluding hydrogens is 188 g/mol. The molecule has 0 N–H and O–H groups in total. The molecule has 0 radical (unpaired) electrons. The van der Waals surface area contributed by atoms with Crippen molar-refractivity contribution in [1.29, 1.82) is 0 Å². The molecule has 0 aromatic carbocycles. The lowest BCUT2D eigenvalue weighted by atomic mass is 10.4. The Kier molecular flexibility index (Phi) is 2.11. The molecule has 0 aliphatic carbocycles. The van der Waals surface area contributed by atoms with Crippen molar-refractivity contribution in [2.24, 2.45) is 0 Å². The predicted molar refractivity (Wildman–Crippen MR) is 55.4 cm³/mol. The van der Waals surface area contributed by atoms with Crippen LogP contribution in [0.15, 0.2) is 22.0 Å². The molecule has 2 rings (SSSR count). The van der Waals surface area contributed by atoms with Gasteiger partial charge in [0.1, 0.15) is 5.82 Å². The van der Waals surface area contributed by atoms with Gasteiger partial charge in [0.15, 0.2) is 0 Å². The van der Waals surface area contributed by atoms with Crippen molar-refractivity contribution in [2.45, 2.75) is 13.8 Å². The van der Waals surface area contributed by atoms with Crippen molar-refractivity contribution in [3.8, 4) is 0 Å². The summed E-state index contributed by atoms with van der Waals surface area (Å²) in [5, 5.41) is 2.01. The number of allylic oxidation sites excluding steroid dienone is 2. The topological polar surface area (TPSA) is 16.1 Å². The first kappa shape index (κ1) is 8.13. The lowest BCUT2D eigenvalue weighted by molar-refractivity contribution is 1.05. The Morgan fingerprint density at radius 3 is 2.83 bits per heavy atom. The highest BCUT2D eigenvalue weighted by Crippen LogP contribution is 2.34. The zero-order valence-corrected chi connectivity index (χ0v) is 8.71. The zero-order valence-electron chi connectivity index (χ0n) is 7.07. The van der Waals surface area contributed by atoms with Gasteiger partial charge in [0.25, 0.3) is 0 Å². The lowest BCUT2D eigenvalue weighted by Gasteiger charge is -2.15. The zero-order chi connectivity index (χ0) is 8.55. The summed E-state index contributed by atoms with van der Waals surface area (Å²) in [5.74, 6) is 2.10. The van der Waals surface area contributed by atoms with E-state index in [1.165, 1.54) is 22.1 Å². The third-order valence-corrected chi connectivity index (χ3v) is 3.69. The van der Waals surface area contributed by atoms with E-state index in [1.54, 1.807) is 0 Å². The summed E-state index contributed by atoms with van der Waals surface area (Å²) >= 11 is 3.39. The molecule has 1 aromatic heterocycles. The van der Waals surface area contributed by atoms with E-state index in [-0.39, 0.29) is 0 Å². The molecule has 1 aliphatic rings. The van der Waals surface area contributed by atoms with Crippen molar-refractivity contribution in [3.63, 3.8) is 0 Å². The van der Waals surface area contributed by atoms with Gasteiger partial charge in [-0.15, -0.1) is 11.8 Å². The van der Waals surface area contributed by atoms with Crippen LogP contribution in [0.5, 0.6) is 0 Å². The first-order valence-corrected chi connectivity index (χ1v) is 5.59. The van der Waals surface area contributed by atoms with Gasteiger partial charge in [0.2, 0.25) is 0 Å². The Labute approximate surface area is 80.4 Å². The molecule has 1 aromatic rings. The molecule has 0 saturated heterocycles. The molecule has 0 unspecified atom stereocenters. The van der Waals surface area contributed by atoms with Crippen LogP contribution in [0.1, 0.15) is 13.8 Å². The molecule has 1 aliphatic heterocycles. The van der Waals surface area contributed by atoms with E-state index in [9.17, 15) is 0 Å². The van der Waals surface area contributed by atoms with E-state index in [1.807, 2.05) is 17.1 Å². The van der Waals surface area contributed by atoms with Crippen LogP contribution in [0.2, 0.25) is 0 Å². The molecule has 0 spiro atoms. The first-order valence-electron chi connectivity index (χ1n) is 3.77. The quantitative estimate of drug-likeness (QED) is 0.690. The van der Waals surface area contributed by atoms with Crippen LogP contribution < -0.4 is 4.90 Å². The maximum Gasteiger partial charge on any atom is 0.147 e. The van der Waals surface area contributed by atoms with E-state index in [0.717, 1.165) is 11.7 Å². The SMILES string of the molecule is CC1=C(C)N(c2ccsn2)CS1. The molecule has 0 atom stereocenters. The summed E-state index contributed by atoms with van der Waals surface area (Å²) in [5.41, 5.74) is 1.34. The van der Waals surface area contributed by atoms with Gasteiger partial charge in [-0.3, -0.25) is 0 Å². The van der Waals surface area contributed by atoms with Crippen LogP contribution in [-0.4, -0.2) is 10.3 Å². The highest BCUT2D eigenvalue weighted by Gasteiger charge is 2.18. The van der Waals surface area contributed by atoms with Gasteiger partial charge in [0.05, 0.1) is 5.88 Å². The van der Waals surface area contributed by atoms with E-state index in [2.05, 4.69) is 29.2 Å². The maximum absolute atomic E-state index is 4.30. The van der Waals surface area contributed by atoms with Gasteiger partial charge >= 0.3 is 0 Å². The maximum atomic E-state index is 4.30. The Balaban J connectivity index is 2.28. The Morgan fingerprint density at radius 2 is 2.33 bits per heavy atom. The van der Waals surface area contributed by atoms with Crippen molar-refractivity contribution in [1.82, 2.24) is 4.37 Å². The fourth-order valence-corrected chi connectivity index (χ4v) is 2.61. The van der Waals surface area contributed by atoms with E-state index in [4.69, 9.17) is 0 Å². The summed E-state index contributed by atoms with van der Waals surface area (Å²) in [6, 6.07) is 2.06. The molecule has 0 amide bonds. The molecule has 64 valence electrons. The monoisotopic (exact) mass is 198 g/mol. The van der Waals surface area contributed by atoms with Crippen molar-refractivity contribution in [3.05, 3.63) is 22.0 Å². The van der Waals surface area contributed by atoms with Crippen molar-refractivity contribution >= 4 is 29.1 Å². The van der Waals surface area contributed by atoms with Gasteiger partial charge in [-0.2, -0.15) is 4.37 Å². The molecule has 4 heteroatoms. The lowest BCUT2D eigenvalue weighted by Crippen LogP contribution is -2.15. The van der Waals surface area contributed by atoms with Crippen LogP contribution >= 0.6 is 23.3 Å². The van der Waals surface area contributed by atoms with Crippen LogP contribution in [0.25, 0.3) is 0 Å². The smallest absolute Gasteiger partial charge is 0.147 e. The molecular formula is C8H10N2S2. The number of hydrogen-bond acceptors (Lipinski definition) is 4. The number of nitrogens with zero attached hydrogens (tertiary/aromatic N) is 2. The minimum atomic E-state index is 1.02. The van der Waals surface area contributed by atoms with Crippen LogP contribution in [0.4, 0.5) is 5.82 Å². The highest BCUT2D eigenvalue weighted by atomic mass is 32.2. The van der Waals surface area contributed by atoms with E-state index >= 15 is 0 Å². The van der Waals surface area contributed by atoms with Gasteiger partial charge in [0, 0.05) is 16.0 Å². The third kappa shape index (κ3) is 1.25. The van der Waals surface area contributed by atoms with Gasteiger partial charge in [-0.1, -0.05) is 0 Å². The van der Waals surface area contributed by atoms with Crippen molar-refractivity contribution in [2.75, 3.05) is 10.8 Å². The Hall–Kier alpha value is -0.480. The first-order chi connectivity index (χ1) is 5.79. The van der Waals surface area contributed by atoms with E-state index in [0.29, 0.717) is 0 Å². The van der Waals surface area contributed by atoms with Crippen LogP contribution in [0, 0.1) is 0 Å². The minimum absolute atomic E-state index is 1.02. The van der Waals surface area contributed by atoms with Gasteiger partial charge in [-0.25, -0.2) is 0 Å².